The number of hydrogen-bond acceptors (Lipinski definition) is 8. The normalized spacial score (nSPS) is 14.2. The zero-order valence-corrected chi connectivity index (χ0v) is 17.2. The number of nitrogens with one attached hydrogen (secondary N) is 1. The second kappa shape index (κ2) is 8.12. The number of hydrogen-bond donors (Lipinski definition) is 1. The van der Waals surface area contributed by atoms with Gasteiger partial charge in [0.2, 0.25) is 5.95 Å². The zero-order valence-electron chi connectivity index (χ0n) is 16.3. The summed E-state index contributed by atoms with van der Waals surface area (Å²) in [4.78, 5) is 19.3. The Morgan fingerprint density at radius 3 is 2.54 bits per heavy atom. The van der Waals surface area contributed by atoms with Crippen LogP contribution in [0.3, 0.4) is 0 Å². The van der Waals surface area contributed by atoms with Gasteiger partial charge >= 0.3 is 0 Å². The molecular weight excluding hydrogens is 372 g/mol. The SMILES string of the molecule is Cc1nc(N2CCOCC2)sc1-c1ccnc(Nc2ccc(N(C)C)cc2)n1. The molecule has 28 heavy (non-hydrogen) atoms. The Morgan fingerprint density at radius 1 is 1.07 bits per heavy atom. The molecule has 0 unspecified atom stereocenters. The van der Waals surface area contributed by atoms with Crippen LogP contribution in [0.25, 0.3) is 10.6 Å². The van der Waals surface area contributed by atoms with E-state index in [0.717, 1.165) is 59.1 Å². The predicted octanol–water partition coefficient (Wildman–Crippen LogP) is 3.55. The number of thiazole rings is 1. The van der Waals surface area contributed by atoms with E-state index in [-0.39, 0.29) is 0 Å². The van der Waals surface area contributed by atoms with E-state index in [1.54, 1.807) is 17.5 Å². The molecule has 2 aromatic heterocycles. The molecule has 3 heterocycles. The molecule has 0 spiro atoms. The summed E-state index contributed by atoms with van der Waals surface area (Å²) in [5.41, 5.74) is 3.98. The third-order valence-corrected chi connectivity index (χ3v) is 5.84. The molecule has 1 saturated heterocycles. The molecule has 3 aromatic rings. The molecule has 0 saturated carbocycles. The Hall–Kier alpha value is -2.71. The summed E-state index contributed by atoms with van der Waals surface area (Å²) in [7, 11) is 4.05. The third-order valence-electron chi connectivity index (χ3n) is 4.59. The fourth-order valence-corrected chi connectivity index (χ4v) is 4.12. The highest BCUT2D eigenvalue weighted by Gasteiger charge is 2.18. The number of anilines is 4. The minimum atomic E-state index is 0.579. The minimum Gasteiger partial charge on any atom is -0.378 e. The van der Waals surface area contributed by atoms with Crippen molar-refractivity contribution < 1.29 is 4.74 Å². The number of aromatic nitrogens is 3. The molecule has 0 bridgehead atoms. The first-order chi connectivity index (χ1) is 13.6. The summed E-state index contributed by atoms with van der Waals surface area (Å²) in [5.74, 6) is 0.579. The molecule has 1 fully saturated rings. The van der Waals surface area contributed by atoms with Crippen molar-refractivity contribution in [2.75, 3.05) is 55.5 Å². The van der Waals surface area contributed by atoms with Gasteiger partial charge in [-0.15, -0.1) is 0 Å². The molecule has 1 aliphatic heterocycles. The summed E-state index contributed by atoms with van der Waals surface area (Å²) < 4.78 is 5.44. The number of nitrogens with zero attached hydrogens (tertiary/aromatic N) is 5. The second-order valence-corrected chi connectivity index (χ2v) is 7.82. The van der Waals surface area contributed by atoms with Crippen molar-refractivity contribution in [3.63, 3.8) is 0 Å². The number of rotatable bonds is 5. The van der Waals surface area contributed by atoms with Gasteiger partial charge < -0.3 is 19.9 Å². The topological polar surface area (TPSA) is 66.4 Å². The third kappa shape index (κ3) is 4.07. The van der Waals surface area contributed by atoms with Crippen LogP contribution in [0.5, 0.6) is 0 Å². The molecule has 7 nitrogen and oxygen atoms in total. The van der Waals surface area contributed by atoms with Gasteiger partial charge in [0.25, 0.3) is 0 Å². The van der Waals surface area contributed by atoms with Crippen LogP contribution in [0.2, 0.25) is 0 Å². The van der Waals surface area contributed by atoms with Crippen molar-refractivity contribution in [2.24, 2.45) is 0 Å². The smallest absolute Gasteiger partial charge is 0.227 e. The standard InChI is InChI=1S/C20H24N6OS/c1-14-18(28-20(22-14)26-10-12-27-13-11-26)17-8-9-21-19(24-17)23-15-4-6-16(7-5-15)25(2)3/h4-9H,10-13H2,1-3H3,(H,21,23,24). The van der Waals surface area contributed by atoms with Crippen molar-refractivity contribution >= 4 is 33.8 Å². The van der Waals surface area contributed by atoms with Crippen LogP contribution in [0, 0.1) is 6.92 Å². The largest absolute Gasteiger partial charge is 0.378 e. The lowest BCUT2D eigenvalue weighted by molar-refractivity contribution is 0.122. The minimum absolute atomic E-state index is 0.579. The molecule has 1 aromatic carbocycles. The monoisotopic (exact) mass is 396 g/mol. The lowest BCUT2D eigenvalue weighted by Gasteiger charge is -2.26. The summed E-state index contributed by atoms with van der Waals surface area (Å²) >= 11 is 1.67. The van der Waals surface area contributed by atoms with Gasteiger partial charge in [0.1, 0.15) is 0 Å². The van der Waals surface area contributed by atoms with Crippen molar-refractivity contribution in [3.8, 4) is 10.6 Å². The van der Waals surface area contributed by atoms with E-state index in [9.17, 15) is 0 Å². The Bertz CT molecular complexity index is 934. The van der Waals surface area contributed by atoms with E-state index >= 15 is 0 Å². The molecule has 4 rings (SSSR count). The van der Waals surface area contributed by atoms with Crippen LogP contribution in [-0.2, 0) is 4.74 Å². The lowest BCUT2D eigenvalue weighted by Crippen LogP contribution is -2.36. The Kier molecular flexibility index (Phi) is 5.40. The first-order valence-electron chi connectivity index (χ1n) is 9.28. The maximum absolute atomic E-state index is 5.44. The van der Waals surface area contributed by atoms with E-state index in [4.69, 9.17) is 14.7 Å². The molecule has 0 amide bonds. The van der Waals surface area contributed by atoms with Crippen LogP contribution in [0.1, 0.15) is 5.69 Å². The van der Waals surface area contributed by atoms with Gasteiger partial charge in [-0.3, -0.25) is 0 Å². The van der Waals surface area contributed by atoms with Gasteiger partial charge in [0, 0.05) is 44.8 Å². The maximum Gasteiger partial charge on any atom is 0.227 e. The van der Waals surface area contributed by atoms with Gasteiger partial charge in [-0.1, -0.05) is 11.3 Å². The highest BCUT2D eigenvalue weighted by atomic mass is 32.1. The zero-order chi connectivity index (χ0) is 19.5. The van der Waals surface area contributed by atoms with Crippen molar-refractivity contribution in [1.82, 2.24) is 15.0 Å². The fourth-order valence-electron chi connectivity index (χ4n) is 3.03. The first kappa shape index (κ1) is 18.6. The summed E-state index contributed by atoms with van der Waals surface area (Å²) in [5, 5.41) is 4.32. The van der Waals surface area contributed by atoms with Crippen LogP contribution in [0.4, 0.5) is 22.5 Å². The van der Waals surface area contributed by atoms with Crippen LogP contribution in [-0.4, -0.2) is 55.4 Å². The maximum atomic E-state index is 5.44. The van der Waals surface area contributed by atoms with Crippen LogP contribution >= 0.6 is 11.3 Å². The molecule has 0 atom stereocenters. The lowest BCUT2D eigenvalue weighted by atomic mass is 10.2. The summed E-state index contributed by atoms with van der Waals surface area (Å²) in [6.45, 7) is 5.30. The second-order valence-electron chi connectivity index (χ2n) is 6.84. The van der Waals surface area contributed by atoms with Crippen molar-refractivity contribution in [1.29, 1.82) is 0 Å². The number of morpholine rings is 1. The molecular formula is C20H24N6OS. The summed E-state index contributed by atoms with van der Waals surface area (Å²) in [6.07, 6.45) is 1.78. The van der Waals surface area contributed by atoms with Gasteiger partial charge in [-0.2, -0.15) is 0 Å². The molecule has 146 valence electrons. The van der Waals surface area contributed by atoms with E-state index in [0.29, 0.717) is 5.95 Å². The average molecular weight is 397 g/mol. The predicted molar refractivity (Wildman–Crippen MR) is 115 cm³/mol. The van der Waals surface area contributed by atoms with Gasteiger partial charge in [-0.25, -0.2) is 15.0 Å². The molecule has 1 aliphatic rings. The molecule has 0 aliphatic carbocycles. The average Bonchev–Trinajstić information content (AvgIpc) is 3.11. The van der Waals surface area contributed by atoms with E-state index in [1.807, 2.05) is 39.2 Å². The highest BCUT2D eigenvalue weighted by Crippen LogP contribution is 2.34. The molecule has 1 N–H and O–H groups in total. The number of aryl methyl sites for hydroxylation is 1. The Morgan fingerprint density at radius 2 is 1.82 bits per heavy atom. The van der Waals surface area contributed by atoms with Crippen LogP contribution in [0.15, 0.2) is 36.5 Å². The molecule has 8 heteroatoms. The number of benzene rings is 1. The van der Waals surface area contributed by atoms with E-state index < -0.39 is 0 Å². The van der Waals surface area contributed by atoms with Crippen LogP contribution < -0.4 is 15.1 Å². The van der Waals surface area contributed by atoms with Gasteiger partial charge in [0.15, 0.2) is 5.13 Å². The highest BCUT2D eigenvalue weighted by molar-refractivity contribution is 7.19. The fraction of sp³-hybridized carbons (Fsp3) is 0.350. The van der Waals surface area contributed by atoms with Crippen molar-refractivity contribution in [3.05, 3.63) is 42.2 Å². The molecule has 0 radical (unpaired) electrons. The first-order valence-corrected chi connectivity index (χ1v) is 10.1. The summed E-state index contributed by atoms with van der Waals surface area (Å²) in [6, 6.07) is 10.1. The quantitative estimate of drug-likeness (QED) is 0.707. The van der Waals surface area contributed by atoms with E-state index in [2.05, 4.69) is 32.2 Å². The van der Waals surface area contributed by atoms with E-state index in [1.165, 1.54) is 0 Å². The van der Waals surface area contributed by atoms with Gasteiger partial charge in [0.05, 0.1) is 29.5 Å². The Balaban J connectivity index is 1.54. The van der Waals surface area contributed by atoms with Crippen molar-refractivity contribution in [2.45, 2.75) is 6.92 Å². The number of ether oxygens (including phenoxy) is 1. The Labute approximate surface area is 169 Å². The van der Waals surface area contributed by atoms with Gasteiger partial charge in [-0.05, 0) is 37.3 Å².